The van der Waals surface area contributed by atoms with E-state index in [-0.39, 0.29) is 0 Å². The molecule has 0 unspecified atom stereocenters. The topological polar surface area (TPSA) is 73.6 Å². The highest BCUT2D eigenvalue weighted by atomic mass is 35.5. The predicted octanol–water partition coefficient (Wildman–Crippen LogP) is 3.57. The lowest BCUT2D eigenvalue weighted by molar-refractivity contribution is 0.965. The molecular formula is C14H14ClN5. The molecule has 0 spiro atoms. The fourth-order valence-electron chi connectivity index (χ4n) is 1.59. The molecule has 6 heteroatoms. The second-order valence-electron chi connectivity index (χ2n) is 4.15. The first-order valence-corrected chi connectivity index (χ1v) is 6.63. The Morgan fingerprint density at radius 3 is 2.80 bits per heavy atom. The molecule has 0 amide bonds. The zero-order valence-corrected chi connectivity index (χ0v) is 11.8. The maximum atomic E-state index is 8.80. The van der Waals surface area contributed by atoms with Crippen LogP contribution in [0.2, 0.25) is 5.02 Å². The first-order chi connectivity index (χ1) is 9.72. The molecule has 1 heterocycles. The number of hydrogen-bond acceptors (Lipinski definition) is 5. The average Bonchev–Trinajstić information content (AvgIpc) is 2.47. The number of hydrogen-bond donors (Lipinski definition) is 2. The molecule has 1 aromatic heterocycles. The van der Waals surface area contributed by atoms with Gasteiger partial charge >= 0.3 is 0 Å². The number of aromatic nitrogens is 2. The lowest BCUT2D eigenvalue weighted by atomic mass is 10.2. The predicted molar refractivity (Wildman–Crippen MR) is 80.3 cm³/mol. The first kappa shape index (κ1) is 14.1. The van der Waals surface area contributed by atoms with Crippen LogP contribution in [0, 0.1) is 11.3 Å². The van der Waals surface area contributed by atoms with Crippen LogP contribution in [0.1, 0.15) is 18.9 Å². The van der Waals surface area contributed by atoms with Gasteiger partial charge in [0.15, 0.2) is 5.82 Å². The van der Waals surface area contributed by atoms with Gasteiger partial charge < -0.3 is 10.6 Å². The van der Waals surface area contributed by atoms with Gasteiger partial charge in [-0.15, -0.1) is 0 Å². The largest absolute Gasteiger partial charge is 0.369 e. The van der Waals surface area contributed by atoms with Crippen molar-refractivity contribution >= 4 is 28.9 Å². The van der Waals surface area contributed by atoms with Crippen LogP contribution in [0.25, 0.3) is 0 Å². The van der Waals surface area contributed by atoms with E-state index in [9.17, 15) is 0 Å². The van der Waals surface area contributed by atoms with E-state index in [0.717, 1.165) is 13.0 Å². The Balaban J connectivity index is 2.15. The smallest absolute Gasteiger partial charge is 0.151 e. The summed E-state index contributed by atoms with van der Waals surface area (Å²) in [6.45, 7) is 2.93. The van der Waals surface area contributed by atoms with Crippen LogP contribution in [-0.4, -0.2) is 16.5 Å². The highest BCUT2D eigenvalue weighted by Gasteiger charge is 2.04. The Kier molecular flexibility index (Phi) is 4.75. The van der Waals surface area contributed by atoms with Crippen molar-refractivity contribution in [3.63, 3.8) is 0 Å². The summed E-state index contributed by atoms with van der Waals surface area (Å²) in [5.74, 6) is 1.30. The van der Waals surface area contributed by atoms with Crippen molar-refractivity contribution in [2.75, 3.05) is 17.2 Å². The van der Waals surface area contributed by atoms with Crippen LogP contribution in [-0.2, 0) is 0 Å². The molecule has 0 aliphatic heterocycles. The van der Waals surface area contributed by atoms with Gasteiger partial charge in [0.05, 0.1) is 34.7 Å². The molecule has 1 aromatic carbocycles. The van der Waals surface area contributed by atoms with E-state index in [4.69, 9.17) is 16.9 Å². The number of anilines is 3. The van der Waals surface area contributed by atoms with Crippen LogP contribution >= 0.6 is 11.6 Å². The molecule has 0 aliphatic rings. The van der Waals surface area contributed by atoms with Crippen molar-refractivity contribution in [3.05, 3.63) is 41.2 Å². The first-order valence-electron chi connectivity index (χ1n) is 6.25. The van der Waals surface area contributed by atoms with Gasteiger partial charge in [-0.1, -0.05) is 18.5 Å². The van der Waals surface area contributed by atoms with Gasteiger partial charge in [0.1, 0.15) is 5.82 Å². The molecule has 0 aliphatic carbocycles. The van der Waals surface area contributed by atoms with Crippen LogP contribution in [0.3, 0.4) is 0 Å². The van der Waals surface area contributed by atoms with Gasteiger partial charge in [-0.05, 0) is 24.6 Å². The van der Waals surface area contributed by atoms with Gasteiger partial charge in [0, 0.05) is 6.54 Å². The summed E-state index contributed by atoms with van der Waals surface area (Å²) in [6.07, 6.45) is 4.30. The molecule has 20 heavy (non-hydrogen) atoms. The van der Waals surface area contributed by atoms with Gasteiger partial charge in [-0.2, -0.15) is 5.26 Å². The third-order valence-electron chi connectivity index (χ3n) is 2.55. The molecule has 0 saturated heterocycles. The monoisotopic (exact) mass is 287 g/mol. The lowest BCUT2D eigenvalue weighted by Gasteiger charge is -2.09. The van der Waals surface area contributed by atoms with E-state index in [1.807, 2.05) is 6.07 Å². The maximum Gasteiger partial charge on any atom is 0.151 e. The molecule has 102 valence electrons. The van der Waals surface area contributed by atoms with E-state index in [1.54, 1.807) is 30.6 Å². The molecule has 0 fully saturated rings. The van der Waals surface area contributed by atoms with Crippen molar-refractivity contribution in [2.45, 2.75) is 13.3 Å². The van der Waals surface area contributed by atoms with Crippen molar-refractivity contribution < 1.29 is 0 Å². The number of nitriles is 1. The van der Waals surface area contributed by atoms with Gasteiger partial charge in [-0.3, -0.25) is 4.98 Å². The van der Waals surface area contributed by atoms with Crippen molar-refractivity contribution in [1.29, 1.82) is 5.26 Å². The normalized spacial score (nSPS) is 9.85. The molecule has 0 saturated carbocycles. The Labute approximate surface area is 122 Å². The van der Waals surface area contributed by atoms with Crippen LogP contribution in [0.15, 0.2) is 30.6 Å². The minimum atomic E-state index is 0.470. The molecular weight excluding hydrogens is 274 g/mol. The highest BCUT2D eigenvalue weighted by Crippen LogP contribution is 2.25. The highest BCUT2D eigenvalue weighted by molar-refractivity contribution is 6.33. The summed E-state index contributed by atoms with van der Waals surface area (Å²) in [5, 5.41) is 15.5. The van der Waals surface area contributed by atoms with Crippen molar-refractivity contribution in [2.24, 2.45) is 0 Å². The number of rotatable bonds is 5. The molecule has 2 rings (SSSR count). The summed E-state index contributed by atoms with van der Waals surface area (Å²) in [5.41, 5.74) is 1.21. The molecule has 0 bridgehead atoms. The van der Waals surface area contributed by atoms with E-state index < -0.39 is 0 Å². The number of halogens is 1. The number of benzene rings is 1. The standard InChI is InChI=1S/C14H14ClN5/c1-2-5-18-13-8-17-9-14(20-13)19-12-4-3-10(7-16)6-11(12)15/h3-4,6,8-9H,2,5H2,1H3,(H2,18,19,20). The summed E-state index contributed by atoms with van der Waals surface area (Å²) < 4.78 is 0. The fourth-order valence-corrected chi connectivity index (χ4v) is 1.82. The number of nitrogens with one attached hydrogen (secondary N) is 2. The minimum absolute atomic E-state index is 0.470. The van der Waals surface area contributed by atoms with Crippen molar-refractivity contribution in [3.8, 4) is 6.07 Å². The van der Waals surface area contributed by atoms with Crippen molar-refractivity contribution in [1.82, 2.24) is 9.97 Å². The molecule has 0 atom stereocenters. The Bertz CT molecular complexity index is 636. The second-order valence-corrected chi connectivity index (χ2v) is 4.55. The molecule has 2 N–H and O–H groups in total. The maximum absolute atomic E-state index is 8.80. The Hall–Kier alpha value is -2.32. The average molecular weight is 288 g/mol. The molecule has 0 radical (unpaired) electrons. The zero-order chi connectivity index (χ0) is 14.4. The number of nitrogens with zero attached hydrogens (tertiary/aromatic N) is 3. The van der Waals surface area contributed by atoms with Gasteiger partial charge in [0.2, 0.25) is 0 Å². The second kappa shape index (κ2) is 6.73. The fraction of sp³-hybridized carbons (Fsp3) is 0.214. The van der Waals surface area contributed by atoms with E-state index in [1.165, 1.54) is 0 Å². The van der Waals surface area contributed by atoms with E-state index in [2.05, 4.69) is 27.5 Å². The summed E-state index contributed by atoms with van der Waals surface area (Å²) in [4.78, 5) is 8.50. The van der Waals surface area contributed by atoms with Crippen LogP contribution < -0.4 is 10.6 Å². The zero-order valence-electron chi connectivity index (χ0n) is 11.0. The van der Waals surface area contributed by atoms with E-state index >= 15 is 0 Å². The minimum Gasteiger partial charge on any atom is -0.369 e. The molecule has 5 nitrogen and oxygen atoms in total. The SMILES string of the molecule is CCCNc1cncc(Nc2ccc(C#N)cc2Cl)n1. The third-order valence-corrected chi connectivity index (χ3v) is 2.86. The van der Waals surface area contributed by atoms with Gasteiger partial charge in [-0.25, -0.2) is 4.98 Å². The summed E-state index contributed by atoms with van der Waals surface area (Å²) in [6, 6.07) is 7.09. The van der Waals surface area contributed by atoms with Crippen LogP contribution in [0.4, 0.5) is 17.3 Å². The lowest BCUT2D eigenvalue weighted by Crippen LogP contribution is -2.04. The Morgan fingerprint density at radius 2 is 2.10 bits per heavy atom. The summed E-state index contributed by atoms with van der Waals surface area (Å²) in [7, 11) is 0. The Morgan fingerprint density at radius 1 is 1.30 bits per heavy atom. The van der Waals surface area contributed by atoms with E-state index in [0.29, 0.717) is 27.9 Å². The van der Waals surface area contributed by atoms with Gasteiger partial charge in [0.25, 0.3) is 0 Å². The quantitative estimate of drug-likeness (QED) is 0.879. The van der Waals surface area contributed by atoms with Crippen LogP contribution in [0.5, 0.6) is 0 Å². The third kappa shape index (κ3) is 3.59. The summed E-state index contributed by atoms with van der Waals surface area (Å²) >= 11 is 6.10. The molecule has 2 aromatic rings.